The Labute approximate surface area is 215 Å². The zero-order chi connectivity index (χ0) is 26.3. The van der Waals surface area contributed by atoms with Gasteiger partial charge in [-0.3, -0.25) is 14.4 Å². The van der Waals surface area contributed by atoms with E-state index in [1.165, 1.54) is 7.11 Å². The van der Waals surface area contributed by atoms with E-state index < -0.39 is 23.9 Å². The van der Waals surface area contributed by atoms with E-state index in [0.29, 0.717) is 34.5 Å². The third-order valence-corrected chi connectivity index (χ3v) is 7.03. The lowest BCUT2D eigenvalue weighted by molar-refractivity contribution is -0.125. The Hall–Kier alpha value is -3.25. The van der Waals surface area contributed by atoms with Crippen LogP contribution in [0.15, 0.2) is 18.2 Å². The van der Waals surface area contributed by atoms with Crippen LogP contribution in [0, 0.1) is 22.7 Å². The van der Waals surface area contributed by atoms with Crippen molar-refractivity contribution in [2.24, 2.45) is 11.3 Å². The highest BCUT2D eigenvalue weighted by atomic mass is 35.5. The first-order valence-electron chi connectivity index (χ1n) is 12.1. The van der Waals surface area contributed by atoms with Gasteiger partial charge >= 0.3 is 0 Å². The molecule has 1 saturated heterocycles. The summed E-state index contributed by atoms with van der Waals surface area (Å²) in [5.41, 5.74) is 0.514. The standard InChI is InChI=1S/C26H32ClN5O4/c1-25(2,3)12-20(24(35)29-16(13-28)7-14-11-26(5-6-26)32-22(14)33)31-23(34)19-10-17-18(30-19)8-15(27)9-21(17)36-4/h8-10,14,16,20,30H,5-7,11-12H2,1-4H3,(H,29,35)(H,31,34)(H,32,33). The Morgan fingerprint density at radius 1 is 1.28 bits per heavy atom. The minimum absolute atomic E-state index is 0.0594. The maximum absolute atomic E-state index is 13.2. The average molecular weight is 514 g/mol. The summed E-state index contributed by atoms with van der Waals surface area (Å²) in [7, 11) is 1.52. The molecule has 10 heteroatoms. The molecule has 0 radical (unpaired) electrons. The lowest BCUT2D eigenvalue weighted by Gasteiger charge is -2.27. The molecule has 0 bridgehead atoms. The minimum Gasteiger partial charge on any atom is -0.496 e. The van der Waals surface area contributed by atoms with Crippen LogP contribution in [0.25, 0.3) is 10.9 Å². The molecule has 1 aliphatic carbocycles. The van der Waals surface area contributed by atoms with Gasteiger partial charge in [0.2, 0.25) is 11.8 Å². The number of hydrogen-bond donors (Lipinski definition) is 4. The molecule has 1 aliphatic heterocycles. The van der Waals surface area contributed by atoms with Gasteiger partial charge in [-0.2, -0.15) is 5.26 Å². The van der Waals surface area contributed by atoms with Gasteiger partial charge < -0.3 is 25.7 Å². The highest BCUT2D eigenvalue weighted by molar-refractivity contribution is 6.31. The molecule has 2 fully saturated rings. The normalized spacial score (nSPS) is 19.9. The zero-order valence-electron chi connectivity index (χ0n) is 21.0. The smallest absolute Gasteiger partial charge is 0.268 e. The van der Waals surface area contributed by atoms with Crippen LogP contribution >= 0.6 is 11.6 Å². The quantitative estimate of drug-likeness (QED) is 0.428. The molecular weight excluding hydrogens is 482 g/mol. The summed E-state index contributed by atoms with van der Waals surface area (Å²) in [6, 6.07) is 5.40. The SMILES string of the molecule is COc1cc(Cl)cc2[nH]c(C(=O)NC(CC(C)(C)C)C(=O)NC(C#N)CC3CC4(CC4)NC3=O)cc12. The fourth-order valence-corrected chi connectivity index (χ4v) is 5.08. The first-order valence-corrected chi connectivity index (χ1v) is 12.5. The molecule has 3 atom stereocenters. The number of amides is 3. The summed E-state index contributed by atoms with van der Waals surface area (Å²) in [5.74, 6) is -0.760. The second-order valence-corrected chi connectivity index (χ2v) is 11.6. The predicted octanol–water partition coefficient (Wildman–Crippen LogP) is 3.43. The molecule has 36 heavy (non-hydrogen) atoms. The molecule has 3 amide bonds. The van der Waals surface area contributed by atoms with E-state index in [2.05, 4.69) is 27.0 Å². The lowest BCUT2D eigenvalue weighted by Crippen LogP contribution is -2.51. The van der Waals surface area contributed by atoms with Crippen LogP contribution in [0.4, 0.5) is 0 Å². The maximum Gasteiger partial charge on any atom is 0.268 e. The van der Waals surface area contributed by atoms with Crippen molar-refractivity contribution in [3.8, 4) is 11.8 Å². The van der Waals surface area contributed by atoms with Crippen molar-refractivity contribution in [3.05, 3.63) is 28.9 Å². The predicted molar refractivity (Wildman–Crippen MR) is 136 cm³/mol. The first kappa shape index (κ1) is 25.8. The summed E-state index contributed by atoms with van der Waals surface area (Å²) in [6.45, 7) is 5.90. The number of halogens is 1. The maximum atomic E-state index is 13.2. The Morgan fingerprint density at radius 2 is 2.00 bits per heavy atom. The molecule has 4 N–H and O–H groups in total. The van der Waals surface area contributed by atoms with Gasteiger partial charge in [-0.1, -0.05) is 32.4 Å². The van der Waals surface area contributed by atoms with Crippen LogP contribution in [-0.2, 0) is 9.59 Å². The van der Waals surface area contributed by atoms with Crippen LogP contribution in [0.1, 0.15) is 63.4 Å². The number of hydrogen-bond acceptors (Lipinski definition) is 5. The van der Waals surface area contributed by atoms with Crippen molar-refractivity contribution in [1.29, 1.82) is 5.26 Å². The van der Waals surface area contributed by atoms with E-state index in [-0.39, 0.29) is 34.9 Å². The molecule has 1 aromatic heterocycles. The summed E-state index contributed by atoms with van der Waals surface area (Å²) < 4.78 is 5.36. The van der Waals surface area contributed by atoms with Crippen molar-refractivity contribution in [2.75, 3.05) is 7.11 Å². The van der Waals surface area contributed by atoms with Gasteiger partial charge in [0.05, 0.1) is 18.7 Å². The Bertz CT molecular complexity index is 1240. The molecular formula is C26H32ClN5O4. The Morgan fingerprint density at radius 3 is 2.58 bits per heavy atom. The molecule has 1 saturated carbocycles. The molecule has 1 aromatic carbocycles. The highest BCUT2D eigenvalue weighted by Gasteiger charge is 2.52. The van der Waals surface area contributed by atoms with Crippen molar-refractivity contribution in [1.82, 2.24) is 20.9 Å². The number of rotatable bonds is 8. The number of methoxy groups -OCH3 is 1. The summed E-state index contributed by atoms with van der Waals surface area (Å²) in [5, 5.41) is 19.4. The highest BCUT2D eigenvalue weighted by Crippen LogP contribution is 2.46. The van der Waals surface area contributed by atoms with Crippen LogP contribution in [-0.4, -0.2) is 47.4 Å². The summed E-state index contributed by atoms with van der Waals surface area (Å²) in [4.78, 5) is 41.7. The van der Waals surface area contributed by atoms with E-state index in [1.807, 2.05) is 20.8 Å². The number of aromatic nitrogens is 1. The minimum atomic E-state index is -0.877. The molecule has 9 nitrogen and oxygen atoms in total. The van der Waals surface area contributed by atoms with Gasteiger partial charge in [0.1, 0.15) is 23.5 Å². The van der Waals surface area contributed by atoms with Gasteiger partial charge in [0.15, 0.2) is 0 Å². The number of carbonyl (C=O) groups excluding carboxylic acids is 3. The van der Waals surface area contributed by atoms with Gasteiger partial charge in [-0.25, -0.2) is 0 Å². The van der Waals surface area contributed by atoms with Gasteiger partial charge in [0.25, 0.3) is 5.91 Å². The van der Waals surface area contributed by atoms with E-state index >= 15 is 0 Å². The number of benzene rings is 1. The van der Waals surface area contributed by atoms with Crippen molar-refractivity contribution in [2.45, 2.75) is 70.5 Å². The number of carbonyl (C=O) groups is 3. The second kappa shape index (κ2) is 9.66. The van der Waals surface area contributed by atoms with Crippen molar-refractivity contribution in [3.63, 3.8) is 0 Å². The average Bonchev–Trinajstić information content (AvgIpc) is 3.27. The third kappa shape index (κ3) is 5.76. The van der Waals surface area contributed by atoms with Gasteiger partial charge in [0, 0.05) is 21.9 Å². The van der Waals surface area contributed by atoms with Crippen molar-refractivity contribution >= 4 is 40.2 Å². The fourth-order valence-electron chi connectivity index (χ4n) is 4.87. The molecule has 2 aromatic rings. The molecule has 3 unspecified atom stereocenters. The zero-order valence-corrected chi connectivity index (χ0v) is 21.7. The van der Waals surface area contributed by atoms with Gasteiger partial charge in [-0.15, -0.1) is 0 Å². The van der Waals surface area contributed by atoms with E-state index in [4.69, 9.17) is 16.3 Å². The summed E-state index contributed by atoms with van der Waals surface area (Å²) in [6.07, 6.45) is 3.21. The largest absolute Gasteiger partial charge is 0.496 e. The molecule has 2 heterocycles. The van der Waals surface area contributed by atoms with Crippen LogP contribution in [0.2, 0.25) is 5.02 Å². The van der Waals surface area contributed by atoms with Crippen molar-refractivity contribution < 1.29 is 19.1 Å². The van der Waals surface area contributed by atoms with Crippen LogP contribution in [0.3, 0.4) is 0 Å². The van der Waals surface area contributed by atoms with E-state index in [1.54, 1.807) is 18.2 Å². The first-order chi connectivity index (χ1) is 16.9. The fraction of sp³-hybridized carbons (Fsp3) is 0.538. The number of nitrogens with one attached hydrogen (secondary N) is 4. The van der Waals surface area contributed by atoms with E-state index in [9.17, 15) is 19.6 Å². The second-order valence-electron chi connectivity index (χ2n) is 11.1. The van der Waals surface area contributed by atoms with Crippen LogP contribution < -0.4 is 20.7 Å². The number of ether oxygens (including phenoxy) is 1. The number of nitriles is 1. The van der Waals surface area contributed by atoms with Crippen LogP contribution in [0.5, 0.6) is 5.75 Å². The molecule has 192 valence electrons. The lowest BCUT2D eigenvalue weighted by atomic mass is 9.87. The Kier molecular flexibility index (Phi) is 6.93. The Balaban J connectivity index is 1.47. The number of aromatic amines is 1. The number of H-pyrrole nitrogens is 1. The number of fused-ring (bicyclic) bond motifs is 1. The topological polar surface area (TPSA) is 136 Å². The van der Waals surface area contributed by atoms with Gasteiger partial charge in [-0.05, 0) is 55.7 Å². The summed E-state index contributed by atoms with van der Waals surface area (Å²) >= 11 is 6.14. The number of nitrogens with zero attached hydrogens (tertiary/aromatic N) is 1. The molecule has 1 spiro atoms. The third-order valence-electron chi connectivity index (χ3n) is 6.81. The van der Waals surface area contributed by atoms with E-state index in [0.717, 1.165) is 12.8 Å². The molecule has 2 aliphatic rings. The monoisotopic (exact) mass is 513 g/mol. The molecule has 4 rings (SSSR count).